The Labute approximate surface area is 110 Å². The molecule has 0 bridgehead atoms. The predicted octanol–water partition coefficient (Wildman–Crippen LogP) is 2.74. The van der Waals surface area contributed by atoms with Gasteiger partial charge in [0.25, 0.3) is 0 Å². The van der Waals surface area contributed by atoms with Crippen LogP contribution in [0.2, 0.25) is 0 Å². The van der Waals surface area contributed by atoms with Crippen LogP contribution in [0.1, 0.15) is 55.8 Å². The number of hydrogen-bond acceptors (Lipinski definition) is 3. The molecule has 1 fully saturated rings. The molecule has 1 saturated carbocycles. The van der Waals surface area contributed by atoms with Crippen molar-refractivity contribution in [1.29, 1.82) is 0 Å². The second-order valence-electron chi connectivity index (χ2n) is 5.32. The van der Waals surface area contributed by atoms with Gasteiger partial charge in [0.15, 0.2) is 0 Å². The molecular formula is C15H24N2O. The second kappa shape index (κ2) is 6.86. The molecule has 100 valence electrons. The zero-order chi connectivity index (χ0) is 12.8. The van der Waals surface area contributed by atoms with E-state index in [0.29, 0.717) is 6.04 Å². The highest BCUT2D eigenvalue weighted by molar-refractivity contribution is 5.17. The zero-order valence-corrected chi connectivity index (χ0v) is 11.2. The van der Waals surface area contributed by atoms with Crippen LogP contribution >= 0.6 is 0 Å². The Kier molecular flexibility index (Phi) is 5.14. The third-order valence-electron chi connectivity index (χ3n) is 3.81. The summed E-state index contributed by atoms with van der Waals surface area (Å²) in [5, 5.41) is 13.2. The van der Waals surface area contributed by atoms with Crippen molar-refractivity contribution in [3.05, 3.63) is 29.6 Å². The van der Waals surface area contributed by atoms with Crippen LogP contribution in [0.25, 0.3) is 0 Å². The maximum absolute atomic E-state index is 9.56. The van der Waals surface area contributed by atoms with E-state index in [1.165, 1.54) is 38.5 Å². The first kappa shape index (κ1) is 13.5. The molecule has 2 rings (SSSR count). The SMILES string of the molecule is Cc1ccc(C(CO)NC2CCCCCC2)cn1. The van der Waals surface area contributed by atoms with Gasteiger partial charge < -0.3 is 10.4 Å². The maximum atomic E-state index is 9.56. The van der Waals surface area contributed by atoms with Crippen LogP contribution in [0.15, 0.2) is 18.3 Å². The molecule has 1 heterocycles. The molecule has 0 spiro atoms. The fourth-order valence-corrected chi connectivity index (χ4v) is 2.67. The molecule has 0 aliphatic heterocycles. The van der Waals surface area contributed by atoms with Crippen molar-refractivity contribution in [2.24, 2.45) is 0 Å². The summed E-state index contributed by atoms with van der Waals surface area (Å²) in [5.41, 5.74) is 2.11. The van der Waals surface area contributed by atoms with Gasteiger partial charge in [0.2, 0.25) is 0 Å². The topological polar surface area (TPSA) is 45.1 Å². The molecule has 2 N–H and O–H groups in total. The minimum absolute atomic E-state index is 0.0289. The van der Waals surface area contributed by atoms with E-state index in [4.69, 9.17) is 0 Å². The van der Waals surface area contributed by atoms with Crippen molar-refractivity contribution < 1.29 is 5.11 Å². The first-order chi connectivity index (χ1) is 8.79. The molecule has 0 saturated heterocycles. The lowest BCUT2D eigenvalue weighted by Gasteiger charge is -2.23. The summed E-state index contributed by atoms with van der Waals surface area (Å²) in [6.45, 7) is 2.12. The van der Waals surface area contributed by atoms with Crippen LogP contribution in [-0.2, 0) is 0 Å². The number of aryl methyl sites for hydroxylation is 1. The number of aliphatic hydroxyl groups is 1. The Morgan fingerprint density at radius 1 is 1.28 bits per heavy atom. The Balaban J connectivity index is 1.97. The first-order valence-corrected chi connectivity index (χ1v) is 7.09. The lowest BCUT2D eigenvalue weighted by atomic mass is 10.0. The number of nitrogens with one attached hydrogen (secondary N) is 1. The largest absolute Gasteiger partial charge is 0.394 e. The predicted molar refractivity (Wildman–Crippen MR) is 73.4 cm³/mol. The molecule has 3 heteroatoms. The average Bonchev–Trinajstić information content (AvgIpc) is 2.66. The molecular weight excluding hydrogens is 224 g/mol. The van der Waals surface area contributed by atoms with Gasteiger partial charge >= 0.3 is 0 Å². The molecule has 0 amide bonds. The van der Waals surface area contributed by atoms with Gasteiger partial charge in [0, 0.05) is 17.9 Å². The second-order valence-corrected chi connectivity index (χ2v) is 5.32. The van der Waals surface area contributed by atoms with Crippen LogP contribution in [0.4, 0.5) is 0 Å². The van der Waals surface area contributed by atoms with Crippen LogP contribution in [-0.4, -0.2) is 22.7 Å². The van der Waals surface area contributed by atoms with Gasteiger partial charge in [0.1, 0.15) is 0 Å². The van der Waals surface area contributed by atoms with E-state index < -0.39 is 0 Å². The quantitative estimate of drug-likeness (QED) is 0.805. The number of rotatable bonds is 4. The third-order valence-corrected chi connectivity index (χ3v) is 3.81. The summed E-state index contributed by atoms with van der Waals surface area (Å²) in [6.07, 6.45) is 9.66. The van der Waals surface area contributed by atoms with Crippen molar-refractivity contribution in [2.75, 3.05) is 6.61 Å². The van der Waals surface area contributed by atoms with Gasteiger partial charge in [-0.3, -0.25) is 4.98 Å². The van der Waals surface area contributed by atoms with Gasteiger partial charge in [-0.05, 0) is 31.4 Å². The van der Waals surface area contributed by atoms with Gasteiger partial charge in [-0.25, -0.2) is 0 Å². The lowest BCUT2D eigenvalue weighted by Crippen LogP contribution is -2.34. The van der Waals surface area contributed by atoms with Crippen molar-refractivity contribution in [3.8, 4) is 0 Å². The molecule has 18 heavy (non-hydrogen) atoms. The summed E-state index contributed by atoms with van der Waals surface area (Å²) < 4.78 is 0. The number of aromatic nitrogens is 1. The molecule has 1 atom stereocenters. The van der Waals surface area contributed by atoms with E-state index in [0.717, 1.165) is 11.3 Å². The van der Waals surface area contributed by atoms with Crippen molar-refractivity contribution in [2.45, 2.75) is 57.5 Å². The van der Waals surface area contributed by atoms with Crippen molar-refractivity contribution in [3.63, 3.8) is 0 Å². The molecule has 1 aromatic rings. The van der Waals surface area contributed by atoms with Gasteiger partial charge in [-0.2, -0.15) is 0 Å². The standard InChI is InChI=1S/C15H24N2O/c1-12-8-9-13(10-16-12)15(11-18)17-14-6-4-2-3-5-7-14/h8-10,14-15,17-18H,2-7,11H2,1H3. The Morgan fingerprint density at radius 2 is 2.00 bits per heavy atom. The molecule has 1 aromatic heterocycles. The zero-order valence-electron chi connectivity index (χ0n) is 11.2. The van der Waals surface area contributed by atoms with Crippen molar-refractivity contribution in [1.82, 2.24) is 10.3 Å². The van der Waals surface area contributed by atoms with E-state index in [1.807, 2.05) is 19.2 Å². The van der Waals surface area contributed by atoms with Crippen LogP contribution in [0, 0.1) is 6.92 Å². The first-order valence-electron chi connectivity index (χ1n) is 7.09. The van der Waals surface area contributed by atoms with Gasteiger partial charge in [-0.15, -0.1) is 0 Å². The third kappa shape index (κ3) is 3.79. The van der Waals surface area contributed by atoms with Crippen LogP contribution < -0.4 is 5.32 Å². The Morgan fingerprint density at radius 3 is 2.56 bits per heavy atom. The normalized spacial score (nSPS) is 19.4. The minimum Gasteiger partial charge on any atom is -0.394 e. The fourth-order valence-electron chi connectivity index (χ4n) is 2.67. The van der Waals surface area contributed by atoms with E-state index in [2.05, 4.69) is 16.4 Å². The molecule has 3 nitrogen and oxygen atoms in total. The highest BCUT2D eigenvalue weighted by Gasteiger charge is 2.17. The number of hydrogen-bond donors (Lipinski definition) is 2. The summed E-state index contributed by atoms with van der Waals surface area (Å²) in [6, 6.07) is 4.65. The Bertz CT molecular complexity index is 342. The van der Waals surface area contributed by atoms with E-state index in [-0.39, 0.29) is 12.6 Å². The summed E-state index contributed by atoms with van der Waals surface area (Å²) in [4.78, 5) is 4.31. The highest BCUT2D eigenvalue weighted by atomic mass is 16.3. The fraction of sp³-hybridized carbons (Fsp3) is 0.667. The van der Waals surface area contributed by atoms with Gasteiger partial charge in [-0.1, -0.05) is 31.7 Å². The average molecular weight is 248 g/mol. The summed E-state index contributed by atoms with van der Waals surface area (Å²) in [5.74, 6) is 0. The maximum Gasteiger partial charge on any atom is 0.0627 e. The van der Waals surface area contributed by atoms with Crippen molar-refractivity contribution >= 4 is 0 Å². The minimum atomic E-state index is 0.0289. The van der Waals surface area contributed by atoms with Gasteiger partial charge in [0.05, 0.1) is 12.6 Å². The highest BCUT2D eigenvalue weighted by Crippen LogP contribution is 2.21. The molecule has 1 unspecified atom stereocenters. The smallest absolute Gasteiger partial charge is 0.0627 e. The monoisotopic (exact) mass is 248 g/mol. The molecule has 1 aliphatic carbocycles. The molecule has 1 aliphatic rings. The lowest BCUT2D eigenvalue weighted by molar-refractivity contribution is 0.228. The van der Waals surface area contributed by atoms with Crippen LogP contribution in [0.3, 0.4) is 0 Å². The Hall–Kier alpha value is -0.930. The number of aliphatic hydroxyl groups excluding tert-OH is 1. The van der Waals surface area contributed by atoms with Crippen LogP contribution in [0.5, 0.6) is 0 Å². The molecule has 0 aromatic carbocycles. The summed E-state index contributed by atoms with van der Waals surface area (Å²) >= 11 is 0. The van der Waals surface area contributed by atoms with E-state index in [1.54, 1.807) is 0 Å². The molecule has 0 radical (unpaired) electrons. The summed E-state index contributed by atoms with van der Waals surface area (Å²) in [7, 11) is 0. The number of nitrogens with zero attached hydrogens (tertiary/aromatic N) is 1. The van der Waals surface area contributed by atoms with E-state index in [9.17, 15) is 5.11 Å². The number of pyridine rings is 1. The van der Waals surface area contributed by atoms with E-state index >= 15 is 0 Å².